The maximum atomic E-state index is 13.3. The van der Waals surface area contributed by atoms with Gasteiger partial charge in [-0.2, -0.15) is 0 Å². The second-order valence-electron chi connectivity index (χ2n) is 7.80. The number of morpholine rings is 1. The molecule has 158 valence electrons. The van der Waals surface area contributed by atoms with Gasteiger partial charge in [-0.25, -0.2) is 0 Å². The molecular weight excluding hydrogens is 396 g/mol. The van der Waals surface area contributed by atoms with Gasteiger partial charge in [0.25, 0.3) is 5.91 Å². The van der Waals surface area contributed by atoms with E-state index in [0.717, 1.165) is 5.56 Å². The Hall–Kier alpha value is -3.45. The number of Topliss-reactive ketones (excluding diaryl/α,β-unsaturated/α-hetero) is 1. The molecule has 2 heterocycles. The predicted octanol–water partition coefficient (Wildman–Crippen LogP) is 3.60. The highest BCUT2D eigenvalue weighted by Gasteiger charge is 2.33. The number of ether oxygens (including phenoxy) is 1. The van der Waals surface area contributed by atoms with Gasteiger partial charge < -0.3 is 19.4 Å². The Balaban J connectivity index is 1.50. The summed E-state index contributed by atoms with van der Waals surface area (Å²) < 4.78 is 11.2. The lowest BCUT2D eigenvalue weighted by Gasteiger charge is -2.26. The lowest BCUT2D eigenvalue weighted by atomic mass is 9.81. The lowest BCUT2D eigenvalue weighted by Crippen LogP contribution is -2.40. The van der Waals surface area contributed by atoms with Crippen molar-refractivity contribution in [2.24, 2.45) is 0 Å². The van der Waals surface area contributed by atoms with E-state index in [1.165, 1.54) is 0 Å². The Labute approximate surface area is 179 Å². The zero-order valence-corrected chi connectivity index (χ0v) is 16.9. The van der Waals surface area contributed by atoms with E-state index in [9.17, 15) is 14.4 Å². The molecule has 2 aliphatic rings. The number of hydrogen-bond donors (Lipinski definition) is 1. The molecular formula is C24H22N2O5. The number of furan rings is 1. The zero-order valence-electron chi connectivity index (χ0n) is 16.9. The van der Waals surface area contributed by atoms with Gasteiger partial charge in [-0.1, -0.05) is 36.4 Å². The van der Waals surface area contributed by atoms with Crippen LogP contribution in [-0.2, 0) is 9.53 Å². The number of nitrogens with zero attached hydrogens (tertiary/aromatic N) is 1. The number of hydrogen-bond acceptors (Lipinski definition) is 5. The first kappa shape index (κ1) is 19.5. The third-order valence-corrected chi connectivity index (χ3v) is 5.95. The Bertz CT molecular complexity index is 1180. The fourth-order valence-electron chi connectivity index (χ4n) is 4.33. The molecule has 0 bridgehead atoms. The summed E-state index contributed by atoms with van der Waals surface area (Å²) in [4.78, 5) is 40.4. The molecule has 7 nitrogen and oxygen atoms in total. The van der Waals surface area contributed by atoms with Crippen molar-refractivity contribution >= 4 is 34.3 Å². The first-order valence-corrected chi connectivity index (χ1v) is 10.4. The minimum atomic E-state index is -0.464. The third-order valence-electron chi connectivity index (χ3n) is 5.95. The van der Waals surface area contributed by atoms with Crippen LogP contribution in [0.3, 0.4) is 0 Å². The fourth-order valence-corrected chi connectivity index (χ4v) is 4.33. The first-order valence-electron chi connectivity index (χ1n) is 10.4. The summed E-state index contributed by atoms with van der Waals surface area (Å²) in [6.07, 6.45) is 0.755. The minimum absolute atomic E-state index is 0.0524. The number of anilines is 1. The molecule has 2 amide bonds. The number of ketones is 1. The van der Waals surface area contributed by atoms with Gasteiger partial charge in [0.15, 0.2) is 5.78 Å². The van der Waals surface area contributed by atoms with Gasteiger partial charge in [0, 0.05) is 30.5 Å². The minimum Gasteiger partial charge on any atom is -0.449 e. The van der Waals surface area contributed by atoms with Crippen molar-refractivity contribution in [3.05, 3.63) is 65.4 Å². The monoisotopic (exact) mass is 418 g/mol. The van der Waals surface area contributed by atoms with Crippen LogP contribution in [-0.4, -0.2) is 48.8 Å². The topological polar surface area (TPSA) is 88.9 Å². The molecule has 0 spiro atoms. The Morgan fingerprint density at radius 2 is 1.74 bits per heavy atom. The number of nitrogens with one attached hydrogen (secondary N) is 1. The molecule has 1 unspecified atom stereocenters. The van der Waals surface area contributed by atoms with E-state index in [-0.39, 0.29) is 23.4 Å². The van der Waals surface area contributed by atoms with Crippen molar-refractivity contribution in [3.63, 3.8) is 0 Å². The second kappa shape index (κ2) is 8.00. The van der Waals surface area contributed by atoms with E-state index < -0.39 is 5.92 Å². The van der Waals surface area contributed by atoms with E-state index in [4.69, 9.17) is 9.15 Å². The van der Waals surface area contributed by atoms with Crippen LogP contribution in [0.25, 0.3) is 11.0 Å². The van der Waals surface area contributed by atoms with Gasteiger partial charge in [-0.15, -0.1) is 0 Å². The number of fused-ring (bicyclic) bond motifs is 2. The van der Waals surface area contributed by atoms with Crippen LogP contribution in [0, 0.1) is 0 Å². The predicted molar refractivity (Wildman–Crippen MR) is 114 cm³/mol. The zero-order chi connectivity index (χ0) is 21.4. The van der Waals surface area contributed by atoms with E-state index in [0.29, 0.717) is 61.4 Å². The van der Waals surface area contributed by atoms with Gasteiger partial charge in [-0.05, 0) is 24.1 Å². The molecule has 3 aromatic rings. The Kier molecular flexibility index (Phi) is 5.03. The summed E-state index contributed by atoms with van der Waals surface area (Å²) in [5, 5.41) is 3.63. The number of benzene rings is 2. The van der Waals surface area contributed by atoms with Crippen LogP contribution in [0.1, 0.15) is 45.2 Å². The highest BCUT2D eigenvalue weighted by molar-refractivity contribution is 6.12. The van der Waals surface area contributed by atoms with Crippen molar-refractivity contribution < 1.29 is 23.5 Å². The summed E-state index contributed by atoms with van der Waals surface area (Å²) >= 11 is 0. The molecule has 31 heavy (non-hydrogen) atoms. The van der Waals surface area contributed by atoms with Crippen LogP contribution in [0.5, 0.6) is 0 Å². The van der Waals surface area contributed by atoms with Crippen LogP contribution in [0.4, 0.5) is 5.69 Å². The van der Waals surface area contributed by atoms with Crippen LogP contribution in [0.15, 0.2) is 52.9 Å². The largest absolute Gasteiger partial charge is 0.449 e. The van der Waals surface area contributed by atoms with E-state index >= 15 is 0 Å². The van der Waals surface area contributed by atoms with Crippen LogP contribution < -0.4 is 5.32 Å². The van der Waals surface area contributed by atoms with Crippen molar-refractivity contribution in [2.45, 2.75) is 18.8 Å². The average Bonchev–Trinajstić information content (AvgIpc) is 3.18. The molecule has 1 fully saturated rings. The summed E-state index contributed by atoms with van der Waals surface area (Å²) in [7, 11) is 0. The maximum Gasteiger partial charge on any atom is 0.291 e. The van der Waals surface area contributed by atoms with E-state index in [1.807, 2.05) is 30.3 Å². The molecule has 1 atom stereocenters. The molecule has 7 heteroatoms. The quantitative estimate of drug-likeness (QED) is 0.702. The van der Waals surface area contributed by atoms with Gasteiger partial charge in [0.1, 0.15) is 11.3 Å². The van der Waals surface area contributed by atoms with Gasteiger partial charge in [0.2, 0.25) is 11.7 Å². The number of amides is 2. The molecule has 1 saturated heterocycles. The van der Waals surface area contributed by atoms with E-state index in [1.54, 1.807) is 23.1 Å². The summed E-state index contributed by atoms with van der Waals surface area (Å²) in [6, 6.07) is 14.5. The number of para-hydroxylation sites is 1. The first-order chi connectivity index (χ1) is 15.1. The third kappa shape index (κ3) is 3.51. The second-order valence-corrected chi connectivity index (χ2v) is 7.80. The highest BCUT2D eigenvalue weighted by Crippen LogP contribution is 2.36. The molecule has 1 aromatic heterocycles. The molecule has 0 saturated carbocycles. The fraction of sp³-hybridized carbons (Fsp3) is 0.292. The number of rotatable bonds is 3. The van der Waals surface area contributed by atoms with Crippen molar-refractivity contribution in [1.82, 2.24) is 4.90 Å². The van der Waals surface area contributed by atoms with E-state index in [2.05, 4.69) is 5.32 Å². The highest BCUT2D eigenvalue weighted by atomic mass is 16.5. The Morgan fingerprint density at radius 3 is 2.58 bits per heavy atom. The summed E-state index contributed by atoms with van der Waals surface area (Å²) in [5.41, 5.74) is 2.24. The summed E-state index contributed by atoms with van der Waals surface area (Å²) in [6.45, 7) is 1.89. The number of carbonyl (C=O) groups is 3. The lowest BCUT2D eigenvalue weighted by molar-refractivity contribution is -0.117. The van der Waals surface area contributed by atoms with Gasteiger partial charge in [-0.3, -0.25) is 14.4 Å². The smallest absolute Gasteiger partial charge is 0.291 e. The SMILES string of the molecule is O=C1CCC(C(=O)Nc2c(C(=O)N3CCOCC3)oc3ccccc23)c2ccccc21. The average molecular weight is 418 g/mol. The molecule has 2 aromatic carbocycles. The van der Waals surface area contributed by atoms with Gasteiger partial charge in [0.05, 0.1) is 19.1 Å². The van der Waals surface area contributed by atoms with Crippen LogP contribution in [0.2, 0.25) is 0 Å². The van der Waals surface area contributed by atoms with Crippen molar-refractivity contribution in [1.29, 1.82) is 0 Å². The molecule has 1 N–H and O–H groups in total. The van der Waals surface area contributed by atoms with Crippen molar-refractivity contribution in [2.75, 3.05) is 31.6 Å². The molecule has 0 radical (unpaired) electrons. The molecule has 5 rings (SSSR count). The molecule has 1 aliphatic heterocycles. The Morgan fingerprint density at radius 1 is 1.00 bits per heavy atom. The van der Waals surface area contributed by atoms with Gasteiger partial charge >= 0.3 is 0 Å². The van der Waals surface area contributed by atoms with Crippen LogP contribution >= 0.6 is 0 Å². The number of carbonyl (C=O) groups excluding carboxylic acids is 3. The van der Waals surface area contributed by atoms with Crippen molar-refractivity contribution in [3.8, 4) is 0 Å². The molecule has 1 aliphatic carbocycles. The normalized spacial score (nSPS) is 18.6. The summed E-state index contributed by atoms with van der Waals surface area (Å²) in [5.74, 6) is -0.807. The maximum absolute atomic E-state index is 13.3. The standard InChI is InChI=1S/C24H22N2O5/c27-19-10-9-17(15-5-1-2-6-16(15)19)23(28)25-21-18-7-3-4-8-20(18)31-22(21)24(29)26-11-13-30-14-12-26/h1-8,17H,9-14H2,(H,25,28).